The number of benzene rings is 1. The molecular formula is C16H24ClNO. The maximum Gasteiger partial charge on any atom is 0.0468 e. The van der Waals surface area contributed by atoms with Crippen LogP contribution in [0.1, 0.15) is 37.2 Å². The first-order chi connectivity index (χ1) is 8.93. The lowest BCUT2D eigenvalue weighted by Crippen LogP contribution is -2.24. The van der Waals surface area contributed by atoms with Gasteiger partial charge in [0, 0.05) is 25.2 Å². The second kappa shape index (κ2) is 7.28. The van der Waals surface area contributed by atoms with E-state index >= 15 is 0 Å². The van der Waals surface area contributed by atoms with Gasteiger partial charge in [-0.2, -0.15) is 0 Å². The molecule has 1 N–H and O–H groups in total. The zero-order valence-electron chi connectivity index (χ0n) is 11.4. The molecule has 2 aliphatic rings. The topological polar surface area (TPSA) is 21.3 Å². The van der Waals surface area contributed by atoms with Crippen molar-refractivity contribution in [1.82, 2.24) is 5.32 Å². The molecule has 3 rings (SSSR count). The van der Waals surface area contributed by atoms with Crippen LogP contribution in [0.5, 0.6) is 0 Å². The fraction of sp³-hybridized carbons (Fsp3) is 0.625. The van der Waals surface area contributed by atoms with E-state index in [4.69, 9.17) is 4.74 Å². The molecular weight excluding hydrogens is 258 g/mol. The summed E-state index contributed by atoms with van der Waals surface area (Å²) >= 11 is 0. The van der Waals surface area contributed by atoms with Gasteiger partial charge in [-0.05, 0) is 43.7 Å². The molecule has 1 aromatic carbocycles. The van der Waals surface area contributed by atoms with Crippen LogP contribution in [0.2, 0.25) is 0 Å². The van der Waals surface area contributed by atoms with Crippen LogP contribution in [0.4, 0.5) is 0 Å². The second-order valence-corrected chi connectivity index (χ2v) is 5.66. The van der Waals surface area contributed by atoms with Gasteiger partial charge in [0.25, 0.3) is 0 Å². The zero-order valence-corrected chi connectivity index (χ0v) is 12.2. The van der Waals surface area contributed by atoms with E-state index < -0.39 is 0 Å². The summed E-state index contributed by atoms with van der Waals surface area (Å²) in [6.45, 7) is 3.13. The van der Waals surface area contributed by atoms with E-state index in [1.54, 1.807) is 0 Å². The van der Waals surface area contributed by atoms with Crippen LogP contribution in [0.25, 0.3) is 0 Å². The summed E-state index contributed by atoms with van der Waals surface area (Å²) in [5.74, 6) is 1.65. The highest BCUT2D eigenvalue weighted by atomic mass is 35.5. The second-order valence-electron chi connectivity index (χ2n) is 5.66. The molecule has 1 aliphatic carbocycles. The number of halogens is 1. The molecule has 0 radical (unpaired) electrons. The van der Waals surface area contributed by atoms with E-state index in [2.05, 4.69) is 35.6 Å². The van der Waals surface area contributed by atoms with Crippen LogP contribution in [-0.4, -0.2) is 25.8 Å². The summed E-state index contributed by atoms with van der Waals surface area (Å²) in [6.07, 6.45) is 5.15. The fourth-order valence-corrected chi connectivity index (χ4v) is 3.00. The molecule has 1 aliphatic heterocycles. The minimum atomic E-state index is 0. The molecule has 19 heavy (non-hydrogen) atoms. The van der Waals surface area contributed by atoms with Crippen molar-refractivity contribution in [2.75, 3.05) is 19.8 Å². The molecule has 0 unspecified atom stereocenters. The van der Waals surface area contributed by atoms with Gasteiger partial charge in [-0.1, -0.05) is 30.3 Å². The normalized spacial score (nSPS) is 26.7. The third-order valence-electron chi connectivity index (χ3n) is 4.32. The molecule has 1 heterocycles. The highest BCUT2D eigenvalue weighted by molar-refractivity contribution is 5.85. The average molecular weight is 282 g/mol. The van der Waals surface area contributed by atoms with Gasteiger partial charge in [-0.3, -0.25) is 0 Å². The maximum absolute atomic E-state index is 5.39. The highest BCUT2D eigenvalue weighted by Crippen LogP contribution is 2.40. The lowest BCUT2D eigenvalue weighted by atomic mass is 9.97. The molecule has 106 valence electrons. The Kier molecular flexibility index (Phi) is 5.68. The van der Waals surface area contributed by atoms with Crippen LogP contribution in [-0.2, 0) is 4.74 Å². The van der Waals surface area contributed by atoms with E-state index in [1.165, 1.54) is 37.8 Å². The molecule has 0 spiro atoms. The number of ether oxygens (including phenoxy) is 1. The number of hydrogen-bond donors (Lipinski definition) is 1. The van der Waals surface area contributed by atoms with Gasteiger partial charge in [0.15, 0.2) is 0 Å². The number of nitrogens with one attached hydrogen (secondary N) is 1. The SMILES string of the molecule is Cl.c1ccc([C@H]2C[C@@H]2NCCC2CCOCC2)cc1. The van der Waals surface area contributed by atoms with Crippen molar-refractivity contribution in [3.63, 3.8) is 0 Å². The first kappa shape index (κ1) is 14.8. The highest BCUT2D eigenvalue weighted by Gasteiger charge is 2.37. The first-order valence-corrected chi connectivity index (χ1v) is 7.29. The van der Waals surface area contributed by atoms with Gasteiger partial charge in [0.1, 0.15) is 0 Å². The molecule has 1 aromatic rings. The van der Waals surface area contributed by atoms with Crippen LogP contribution in [0.15, 0.2) is 30.3 Å². The van der Waals surface area contributed by atoms with Crippen LogP contribution in [0, 0.1) is 5.92 Å². The average Bonchev–Trinajstić information content (AvgIpc) is 3.21. The summed E-state index contributed by atoms with van der Waals surface area (Å²) < 4.78 is 5.39. The van der Waals surface area contributed by atoms with Gasteiger partial charge in [-0.15, -0.1) is 12.4 Å². The van der Waals surface area contributed by atoms with Gasteiger partial charge >= 0.3 is 0 Å². The Bertz CT molecular complexity index is 364. The molecule has 2 fully saturated rings. The summed E-state index contributed by atoms with van der Waals surface area (Å²) in [6, 6.07) is 11.6. The molecule has 0 amide bonds. The lowest BCUT2D eigenvalue weighted by Gasteiger charge is -2.21. The Morgan fingerprint density at radius 1 is 1.11 bits per heavy atom. The Morgan fingerprint density at radius 3 is 2.58 bits per heavy atom. The smallest absolute Gasteiger partial charge is 0.0468 e. The predicted molar refractivity (Wildman–Crippen MR) is 81.0 cm³/mol. The quantitative estimate of drug-likeness (QED) is 0.893. The van der Waals surface area contributed by atoms with Crippen molar-refractivity contribution in [2.45, 2.75) is 37.6 Å². The Hall–Kier alpha value is -0.570. The Labute approximate surface area is 122 Å². The minimum absolute atomic E-state index is 0. The summed E-state index contributed by atoms with van der Waals surface area (Å²) in [5, 5.41) is 3.71. The maximum atomic E-state index is 5.39. The minimum Gasteiger partial charge on any atom is -0.381 e. The molecule has 1 saturated heterocycles. The van der Waals surface area contributed by atoms with E-state index in [9.17, 15) is 0 Å². The monoisotopic (exact) mass is 281 g/mol. The summed E-state index contributed by atoms with van der Waals surface area (Å²) in [5.41, 5.74) is 1.50. The molecule has 2 atom stereocenters. The van der Waals surface area contributed by atoms with Crippen molar-refractivity contribution in [2.24, 2.45) is 5.92 Å². The number of rotatable bonds is 5. The summed E-state index contributed by atoms with van der Waals surface area (Å²) in [4.78, 5) is 0. The van der Waals surface area contributed by atoms with Crippen molar-refractivity contribution >= 4 is 12.4 Å². The van der Waals surface area contributed by atoms with Gasteiger partial charge < -0.3 is 10.1 Å². The van der Waals surface area contributed by atoms with E-state index in [-0.39, 0.29) is 12.4 Å². The van der Waals surface area contributed by atoms with E-state index in [1.807, 2.05) is 0 Å². The molecule has 3 heteroatoms. The number of hydrogen-bond acceptors (Lipinski definition) is 2. The van der Waals surface area contributed by atoms with E-state index in [0.717, 1.165) is 31.1 Å². The van der Waals surface area contributed by atoms with Crippen LogP contribution in [0.3, 0.4) is 0 Å². The first-order valence-electron chi connectivity index (χ1n) is 7.29. The molecule has 0 bridgehead atoms. The van der Waals surface area contributed by atoms with E-state index in [0.29, 0.717) is 0 Å². The third kappa shape index (κ3) is 4.20. The van der Waals surface area contributed by atoms with Crippen molar-refractivity contribution in [1.29, 1.82) is 0 Å². The van der Waals surface area contributed by atoms with Gasteiger partial charge in [0.2, 0.25) is 0 Å². The fourth-order valence-electron chi connectivity index (χ4n) is 3.00. The van der Waals surface area contributed by atoms with Crippen molar-refractivity contribution in [3.8, 4) is 0 Å². The van der Waals surface area contributed by atoms with Gasteiger partial charge in [-0.25, -0.2) is 0 Å². The van der Waals surface area contributed by atoms with Crippen molar-refractivity contribution in [3.05, 3.63) is 35.9 Å². The molecule has 2 nitrogen and oxygen atoms in total. The lowest BCUT2D eigenvalue weighted by molar-refractivity contribution is 0.0639. The predicted octanol–water partition coefficient (Wildman–Crippen LogP) is 3.37. The van der Waals surface area contributed by atoms with Crippen molar-refractivity contribution < 1.29 is 4.74 Å². The van der Waals surface area contributed by atoms with Gasteiger partial charge in [0.05, 0.1) is 0 Å². The molecule has 1 saturated carbocycles. The zero-order chi connectivity index (χ0) is 12.2. The largest absolute Gasteiger partial charge is 0.381 e. The third-order valence-corrected chi connectivity index (χ3v) is 4.32. The van der Waals surface area contributed by atoms with Crippen LogP contribution < -0.4 is 5.32 Å². The Balaban J connectivity index is 0.00000133. The van der Waals surface area contributed by atoms with Crippen LogP contribution >= 0.6 is 12.4 Å². The standard InChI is InChI=1S/C16H23NO.ClH/c1-2-4-14(5-3-1)15-12-16(15)17-9-6-13-7-10-18-11-8-13;/h1-5,13,15-17H,6-12H2;1H/t15-,16+;/m1./s1. The molecule has 0 aromatic heterocycles. The Morgan fingerprint density at radius 2 is 1.84 bits per heavy atom. The summed E-state index contributed by atoms with van der Waals surface area (Å²) in [7, 11) is 0.